The third-order valence-corrected chi connectivity index (χ3v) is 4.50. The molecular weight excluding hydrogens is 306 g/mol. The van der Waals surface area contributed by atoms with Crippen LogP contribution >= 0.6 is 12.2 Å². The van der Waals surface area contributed by atoms with E-state index < -0.39 is 11.7 Å². The zero-order valence-electron chi connectivity index (χ0n) is 12.3. The van der Waals surface area contributed by atoms with Crippen molar-refractivity contribution in [3.8, 4) is 11.6 Å². The van der Waals surface area contributed by atoms with Crippen LogP contribution in [0.3, 0.4) is 0 Å². The minimum atomic E-state index is -0.850. The van der Waals surface area contributed by atoms with E-state index in [0.29, 0.717) is 16.8 Å². The maximum Gasteiger partial charge on any atom is 0.264 e. The van der Waals surface area contributed by atoms with Gasteiger partial charge < -0.3 is 14.9 Å². The molecule has 0 spiro atoms. The topological polar surface area (TPSA) is 89.5 Å². The Morgan fingerprint density at radius 2 is 2.00 bits per heavy atom. The molecule has 2 N–H and O–H groups in total. The SMILES string of the molecule is Cc1ncc2c(c1O)[C@@H](c1c(O)n(C)c(=S)n(C)c1=O)OC2. The quantitative estimate of drug-likeness (QED) is 0.767. The van der Waals surface area contributed by atoms with Crippen molar-refractivity contribution in [3.05, 3.63) is 43.7 Å². The molecule has 116 valence electrons. The number of ether oxygens (including phenoxy) is 1. The molecule has 0 aliphatic carbocycles. The fraction of sp³-hybridized carbons (Fsp3) is 0.357. The molecule has 1 atom stereocenters. The average molecular weight is 321 g/mol. The highest BCUT2D eigenvalue weighted by molar-refractivity contribution is 7.71. The van der Waals surface area contributed by atoms with Crippen LogP contribution in [-0.4, -0.2) is 24.3 Å². The van der Waals surface area contributed by atoms with Crippen LogP contribution in [0, 0.1) is 11.7 Å². The summed E-state index contributed by atoms with van der Waals surface area (Å²) >= 11 is 5.09. The molecule has 0 aromatic carbocycles. The van der Waals surface area contributed by atoms with Gasteiger partial charge in [-0.05, 0) is 19.1 Å². The normalized spacial score (nSPS) is 16.8. The highest BCUT2D eigenvalue weighted by atomic mass is 32.1. The van der Waals surface area contributed by atoms with Gasteiger partial charge in [0.1, 0.15) is 17.4 Å². The van der Waals surface area contributed by atoms with E-state index in [-0.39, 0.29) is 28.6 Å². The summed E-state index contributed by atoms with van der Waals surface area (Å²) < 4.78 is 8.42. The number of aromatic nitrogens is 3. The van der Waals surface area contributed by atoms with Gasteiger partial charge in [0.2, 0.25) is 5.88 Å². The van der Waals surface area contributed by atoms with Gasteiger partial charge in [-0.15, -0.1) is 0 Å². The molecule has 2 aromatic heterocycles. The maximum atomic E-state index is 12.5. The third kappa shape index (κ3) is 1.87. The van der Waals surface area contributed by atoms with Crippen LogP contribution in [0.15, 0.2) is 11.0 Å². The zero-order chi connectivity index (χ0) is 16.2. The van der Waals surface area contributed by atoms with Crippen LogP contribution in [0.4, 0.5) is 0 Å². The largest absolute Gasteiger partial charge is 0.506 e. The smallest absolute Gasteiger partial charge is 0.264 e. The predicted molar refractivity (Wildman–Crippen MR) is 80.4 cm³/mol. The van der Waals surface area contributed by atoms with E-state index in [1.165, 1.54) is 16.2 Å². The molecule has 2 aromatic rings. The Morgan fingerprint density at radius 3 is 2.68 bits per heavy atom. The molecule has 0 saturated carbocycles. The van der Waals surface area contributed by atoms with Crippen molar-refractivity contribution < 1.29 is 14.9 Å². The first kappa shape index (κ1) is 14.7. The minimum Gasteiger partial charge on any atom is -0.506 e. The Balaban J connectivity index is 2.32. The number of rotatable bonds is 1. The monoisotopic (exact) mass is 321 g/mol. The van der Waals surface area contributed by atoms with E-state index in [0.717, 1.165) is 0 Å². The second-order valence-electron chi connectivity index (χ2n) is 5.27. The summed E-state index contributed by atoms with van der Waals surface area (Å²) in [5.74, 6) is -0.286. The summed E-state index contributed by atoms with van der Waals surface area (Å²) in [6, 6.07) is 0. The maximum absolute atomic E-state index is 12.5. The van der Waals surface area contributed by atoms with E-state index in [1.807, 2.05) is 0 Å². The minimum absolute atomic E-state index is 0.0217. The number of hydrogen-bond donors (Lipinski definition) is 2. The van der Waals surface area contributed by atoms with E-state index in [2.05, 4.69) is 4.98 Å². The predicted octanol–water partition coefficient (Wildman–Crippen LogP) is 1.19. The van der Waals surface area contributed by atoms with Crippen molar-refractivity contribution in [2.24, 2.45) is 14.1 Å². The van der Waals surface area contributed by atoms with Gasteiger partial charge in [-0.1, -0.05) is 0 Å². The Kier molecular flexibility index (Phi) is 3.30. The van der Waals surface area contributed by atoms with E-state index >= 15 is 0 Å². The highest BCUT2D eigenvalue weighted by Gasteiger charge is 2.34. The van der Waals surface area contributed by atoms with E-state index in [1.54, 1.807) is 20.2 Å². The molecule has 1 aliphatic rings. The second-order valence-corrected chi connectivity index (χ2v) is 5.63. The Morgan fingerprint density at radius 1 is 1.32 bits per heavy atom. The molecule has 0 fully saturated rings. The van der Waals surface area contributed by atoms with Crippen LogP contribution in [0.5, 0.6) is 11.6 Å². The first-order chi connectivity index (χ1) is 10.3. The number of hydrogen-bond acceptors (Lipinski definition) is 6. The molecule has 8 heteroatoms. The van der Waals surface area contributed by atoms with E-state index in [4.69, 9.17) is 17.0 Å². The molecule has 0 unspecified atom stereocenters. The van der Waals surface area contributed by atoms with Gasteiger partial charge in [0.25, 0.3) is 5.56 Å². The Hall–Kier alpha value is -2.19. The van der Waals surface area contributed by atoms with Crippen molar-refractivity contribution >= 4 is 12.2 Å². The average Bonchev–Trinajstić information content (AvgIpc) is 2.92. The van der Waals surface area contributed by atoms with Crippen molar-refractivity contribution in [1.82, 2.24) is 14.1 Å². The lowest BCUT2D eigenvalue weighted by Gasteiger charge is -2.17. The number of nitrogens with zero attached hydrogens (tertiary/aromatic N) is 3. The fourth-order valence-corrected chi connectivity index (χ4v) is 2.80. The Bertz CT molecular complexity index is 900. The first-order valence-corrected chi connectivity index (χ1v) is 7.03. The lowest BCUT2D eigenvalue weighted by molar-refractivity contribution is 0.0886. The van der Waals surface area contributed by atoms with Crippen molar-refractivity contribution in [2.75, 3.05) is 0 Å². The van der Waals surface area contributed by atoms with Crippen LogP contribution < -0.4 is 5.56 Å². The zero-order valence-corrected chi connectivity index (χ0v) is 13.1. The second kappa shape index (κ2) is 4.92. The summed E-state index contributed by atoms with van der Waals surface area (Å²) in [6.45, 7) is 1.87. The van der Waals surface area contributed by atoms with Crippen molar-refractivity contribution in [2.45, 2.75) is 19.6 Å². The third-order valence-electron chi connectivity index (χ3n) is 3.96. The van der Waals surface area contributed by atoms with Gasteiger partial charge in [-0.2, -0.15) is 0 Å². The number of pyridine rings is 1. The molecule has 0 saturated heterocycles. The lowest BCUT2D eigenvalue weighted by atomic mass is 10.00. The van der Waals surface area contributed by atoms with Crippen LogP contribution in [0.1, 0.15) is 28.5 Å². The summed E-state index contributed by atoms with van der Waals surface area (Å²) in [7, 11) is 3.09. The summed E-state index contributed by atoms with van der Waals surface area (Å²) in [6.07, 6.45) is 0.755. The highest BCUT2D eigenvalue weighted by Crippen LogP contribution is 2.42. The van der Waals surface area contributed by atoms with Gasteiger partial charge in [0.05, 0.1) is 12.3 Å². The van der Waals surface area contributed by atoms with Gasteiger partial charge in [-0.25, -0.2) is 0 Å². The molecule has 3 heterocycles. The lowest BCUT2D eigenvalue weighted by Crippen LogP contribution is -2.27. The fourth-order valence-electron chi connectivity index (χ4n) is 2.63. The molecule has 0 bridgehead atoms. The van der Waals surface area contributed by atoms with E-state index in [9.17, 15) is 15.0 Å². The molecule has 22 heavy (non-hydrogen) atoms. The van der Waals surface area contributed by atoms with Gasteiger partial charge in [0.15, 0.2) is 4.77 Å². The Labute approximate surface area is 131 Å². The standard InChI is InChI=1S/C14H15N3O4S/c1-6-10(18)8-7(4-15-6)5-21-11(8)9-12(19)16(2)14(22)17(3)13(9)20/h4,11,18-19H,5H2,1-3H3/t11-/m0/s1. The molecule has 0 amide bonds. The number of aryl methyl sites for hydroxylation is 1. The van der Waals surface area contributed by atoms with Crippen molar-refractivity contribution in [1.29, 1.82) is 0 Å². The first-order valence-electron chi connectivity index (χ1n) is 6.62. The summed E-state index contributed by atoms with van der Waals surface area (Å²) in [5.41, 5.74) is 1.21. The summed E-state index contributed by atoms with van der Waals surface area (Å²) in [4.78, 5) is 16.6. The van der Waals surface area contributed by atoms with Crippen LogP contribution in [-0.2, 0) is 25.4 Å². The van der Waals surface area contributed by atoms with Gasteiger partial charge >= 0.3 is 0 Å². The van der Waals surface area contributed by atoms with Crippen LogP contribution in [0.25, 0.3) is 0 Å². The molecule has 1 aliphatic heterocycles. The van der Waals surface area contributed by atoms with Gasteiger partial charge in [0, 0.05) is 31.4 Å². The number of fused-ring (bicyclic) bond motifs is 1. The summed E-state index contributed by atoms with van der Waals surface area (Å²) in [5, 5.41) is 20.6. The van der Waals surface area contributed by atoms with Gasteiger partial charge in [-0.3, -0.25) is 18.9 Å². The molecule has 0 radical (unpaired) electrons. The van der Waals surface area contributed by atoms with Crippen LogP contribution in [0.2, 0.25) is 0 Å². The van der Waals surface area contributed by atoms with Crippen molar-refractivity contribution in [3.63, 3.8) is 0 Å². The molecule has 7 nitrogen and oxygen atoms in total. The molecular formula is C14H15N3O4S. The number of aromatic hydroxyl groups is 2. The molecule has 3 rings (SSSR count).